The topological polar surface area (TPSA) is 86.7 Å². The fourth-order valence-corrected chi connectivity index (χ4v) is 5.01. The number of rotatable bonds is 4. The Bertz CT molecular complexity index is 485. The predicted octanol–water partition coefficient (Wildman–Crippen LogP) is 1.59. The Morgan fingerprint density at radius 3 is 2.33 bits per heavy atom. The van der Waals surface area contributed by atoms with Gasteiger partial charge in [-0.15, -0.1) is 0 Å². The van der Waals surface area contributed by atoms with Gasteiger partial charge in [-0.2, -0.15) is 17.4 Å². The minimum Gasteiger partial charge on any atom is -0.480 e. The molecule has 1 aliphatic carbocycles. The van der Waals surface area contributed by atoms with Crippen LogP contribution in [0.3, 0.4) is 0 Å². The molecule has 1 saturated heterocycles. The van der Waals surface area contributed by atoms with Gasteiger partial charge in [-0.1, -0.05) is 26.7 Å². The second kappa shape index (κ2) is 6.22. The van der Waals surface area contributed by atoms with Crippen LogP contribution in [0.25, 0.3) is 0 Å². The fraction of sp³-hybridized carbons (Fsp3) is 0.929. The van der Waals surface area contributed by atoms with Gasteiger partial charge in [0.1, 0.15) is 5.54 Å². The van der Waals surface area contributed by atoms with Crippen LogP contribution in [-0.4, -0.2) is 42.4 Å². The zero-order valence-corrected chi connectivity index (χ0v) is 13.7. The minimum absolute atomic E-state index is 0.221. The first-order valence-corrected chi connectivity index (χ1v) is 9.22. The average Bonchev–Trinajstić information content (AvgIpc) is 2.38. The molecular formula is C14H26N2O4S. The van der Waals surface area contributed by atoms with Crippen molar-refractivity contribution in [1.29, 1.82) is 0 Å². The van der Waals surface area contributed by atoms with Crippen molar-refractivity contribution in [2.45, 2.75) is 57.9 Å². The minimum atomic E-state index is -3.73. The molecule has 21 heavy (non-hydrogen) atoms. The van der Waals surface area contributed by atoms with Crippen LogP contribution in [0.15, 0.2) is 0 Å². The zero-order valence-electron chi connectivity index (χ0n) is 12.8. The number of hydrogen-bond acceptors (Lipinski definition) is 3. The fourth-order valence-electron chi connectivity index (χ4n) is 3.42. The first-order chi connectivity index (χ1) is 9.75. The first-order valence-electron chi connectivity index (χ1n) is 7.78. The van der Waals surface area contributed by atoms with E-state index in [1.807, 2.05) is 6.92 Å². The summed E-state index contributed by atoms with van der Waals surface area (Å²) in [5.41, 5.74) is -1.33. The van der Waals surface area contributed by atoms with Crippen LogP contribution in [0.5, 0.6) is 0 Å². The molecule has 0 aromatic rings. The van der Waals surface area contributed by atoms with Crippen LogP contribution in [0.1, 0.15) is 52.4 Å². The van der Waals surface area contributed by atoms with Crippen molar-refractivity contribution in [2.75, 3.05) is 13.1 Å². The van der Waals surface area contributed by atoms with Gasteiger partial charge in [0.25, 0.3) is 10.2 Å². The van der Waals surface area contributed by atoms with Gasteiger partial charge in [-0.05, 0) is 37.5 Å². The average molecular weight is 318 g/mol. The molecule has 122 valence electrons. The molecule has 0 aromatic heterocycles. The molecule has 2 unspecified atom stereocenters. The maximum atomic E-state index is 12.5. The van der Waals surface area contributed by atoms with E-state index in [1.165, 1.54) is 4.31 Å². The van der Waals surface area contributed by atoms with Crippen molar-refractivity contribution in [3.63, 3.8) is 0 Å². The second-order valence-electron chi connectivity index (χ2n) is 6.78. The predicted molar refractivity (Wildman–Crippen MR) is 80.0 cm³/mol. The Kier molecular flexibility index (Phi) is 4.95. The lowest BCUT2D eigenvalue weighted by Crippen LogP contribution is -2.60. The zero-order chi connectivity index (χ0) is 15.7. The van der Waals surface area contributed by atoms with Crippen molar-refractivity contribution < 1.29 is 18.3 Å². The molecule has 0 radical (unpaired) electrons. The largest absolute Gasteiger partial charge is 0.480 e. The number of aliphatic carboxylic acids is 1. The summed E-state index contributed by atoms with van der Waals surface area (Å²) in [6.45, 7) is 5.04. The summed E-state index contributed by atoms with van der Waals surface area (Å²) in [6, 6.07) is 0. The normalized spacial score (nSPS) is 33.0. The van der Waals surface area contributed by atoms with Crippen LogP contribution >= 0.6 is 0 Å². The molecule has 2 atom stereocenters. The van der Waals surface area contributed by atoms with Crippen molar-refractivity contribution in [1.82, 2.24) is 9.03 Å². The number of carbonyl (C=O) groups is 1. The third-order valence-electron chi connectivity index (χ3n) is 4.81. The molecule has 6 nitrogen and oxygen atoms in total. The van der Waals surface area contributed by atoms with Gasteiger partial charge in [0.05, 0.1) is 0 Å². The van der Waals surface area contributed by atoms with Crippen LogP contribution < -0.4 is 4.72 Å². The Balaban J connectivity index is 2.14. The molecule has 2 N–H and O–H groups in total. The van der Waals surface area contributed by atoms with Crippen molar-refractivity contribution in [2.24, 2.45) is 11.8 Å². The molecule has 7 heteroatoms. The van der Waals surface area contributed by atoms with E-state index in [1.54, 1.807) is 0 Å². The van der Waals surface area contributed by atoms with E-state index in [0.717, 1.165) is 25.7 Å². The number of carboxylic acid groups (broad SMARTS) is 1. The van der Waals surface area contributed by atoms with Gasteiger partial charge in [0, 0.05) is 13.1 Å². The van der Waals surface area contributed by atoms with Crippen molar-refractivity contribution in [3.05, 3.63) is 0 Å². The monoisotopic (exact) mass is 318 g/mol. The molecule has 0 bridgehead atoms. The molecular weight excluding hydrogens is 292 g/mol. The van der Waals surface area contributed by atoms with E-state index in [-0.39, 0.29) is 5.92 Å². The standard InChI is InChI=1S/C14H26N2O4S/c1-11-5-8-16(9-6-11)21(19,20)15-14(13(17)18)7-3-4-12(2)10-14/h11-12,15H,3-10H2,1-2H3,(H,17,18). The highest BCUT2D eigenvalue weighted by atomic mass is 32.2. The van der Waals surface area contributed by atoms with E-state index in [9.17, 15) is 18.3 Å². The van der Waals surface area contributed by atoms with Gasteiger partial charge in [-0.25, -0.2) is 0 Å². The SMILES string of the molecule is CC1CCN(S(=O)(=O)NC2(C(=O)O)CCCC(C)C2)CC1. The number of carboxylic acids is 1. The second-order valence-corrected chi connectivity index (χ2v) is 8.45. The van der Waals surface area contributed by atoms with Gasteiger partial charge in [-0.3, -0.25) is 4.79 Å². The summed E-state index contributed by atoms with van der Waals surface area (Å²) in [4.78, 5) is 11.7. The molecule has 1 saturated carbocycles. The maximum Gasteiger partial charge on any atom is 0.324 e. The van der Waals surface area contributed by atoms with Gasteiger partial charge in [0.2, 0.25) is 0 Å². The third-order valence-corrected chi connectivity index (χ3v) is 6.51. The van der Waals surface area contributed by atoms with Crippen LogP contribution in [0.2, 0.25) is 0 Å². The Morgan fingerprint density at radius 2 is 1.81 bits per heavy atom. The number of nitrogens with one attached hydrogen (secondary N) is 1. The molecule has 1 aliphatic heterocycles. The maximum absolute atomic E-state index is 12.5. The van der Waals surface area contributed by atoms with Crippen LogP contribution in [0.4, 0.5) is 0 Å². The highest BCUT2D eigenvalue weighted by molar-refractivity contribution is 7.87. The summed E-state index contributed by atoms with van der Waals surface area (Å²) >= 11 is 0. The molecule has 2 fully saturated rings. The Labute approximate surface area is 127 Å². The van der Waals surface area contributed by atoms with E-state index in [2.05, 4.69) is 11.6 Å². The van der Waals surface area contributed by atoms with E-state index < -0.39 is 21.7 Å². The number of hydrogen-bond donors (Lipinski definition) is 2. The summed E-state index contributed by atoms with van der Waals surface area (Å²) in [5, 5.41) is 9.56. The summed E-state index contributed by atoms with van der Waals surface area (Å²) < 4.78 is 29.0. The molecule has 0 aromatic carbocycles. The van der Waals surface area contributed by atoms with E-state index in [4.69, 9.17) is 0 Å². The lowest BCUT2D eigenvalue weighted by molar-refractivity contribution is -0.146. The van der Waals surface area contributed by atoms with Crippen LogP contribution in [-0.2, 0) is 15.0 Å². The molecule has 0 spiro atoms. The van der Waals surface area contributed by atoms with E-state index in [0.29, 0.717) is 31.8 Å². The number of nitrogens with zero attached hydrogens (tertiary/aromatic N) is 1. The Hall–Kier alpha value is -0.660. The third kappa shape index (κ3) is 3.76. The quantitative estimate of drug-likeness (QED) is 0.824. The molecule has 1 heterocycles. The van der Waals surface area contributed by atoms with E-state index >= 15 is 0 Å². The highest BCUT2D eigenvalue weighted by Gasteiger charge is 2.46. The van der Waals surface area contributed by atoms with Crippen LogP contribution in [0, 0.1) is 11.8 Å². The highest BCUT2D eigenvalue weighted by Crippen LogP contribution is 2.33. The Morgan fingerprint density at radius 1 is 1.19 bits per heavy atom. The van der Waals surface area contributed by atoms with Gasteiger partial charge in [0.15, 0.2) is 0 Å². The number of piperidine rings is 1. The summed E-state index contributed by atoms with van der Waals surface area (Å²) in [6.07, 6.45) is 4.10. The van der Waals surface area contributed by atoms with Crippen molar-refractivity contribution >= 4 is 16.2 Å². The van der Waals surface area contributed by atoms with Gasteiger partial charge >= 0.3 is 5.97 Å². The summed E-state index contributed by atoms with van der Waals surface area (Å²) in [7, 11) is -3.73. The molecule has 0 amide bonds. The first kappa shape index (κ1) is 16.7. The molecule has 2 aliphatic rings. The smallest absolute Gasteiger partial charge is 0.324 e. The summed E-state index contributed by atoms with van der Waals surface area (Å²) in [5.74, 6) is -0.304. The van der Waals surface area contributed by atoms with Gasteiger partial charge < -0.3 is 5.11 Å². The molecule has 2 rings (SSSR count). The lowest BCUT2D eigenvalue weighted by atomic mass is 9.77. The van der Waals surface area contributed by atoms with Crippen molar-refractivity contribution in [3.8, 4) is 0 Å². The lowest BCUT2D eigenvalue weighted by Gasteiger charge is -2.39.